The summed E-state index contributed by atoms with van der Waals surface area (Å²) in [6.07, 6.45) is 5.66. The van der Waals surface area contributed by atoms with Crippen LogP contribution in [0.1, 0.15) is 46.8 Å². The normalized spacial score (nSPS) is 16.6. The summed E-state index contributed by atoms with van der Waals surface area (Å²) in [5, 5.41) is 4.05. The predicted molar refractivity (Wildman–Crippen MR) is 100 cm³/mol. The van der Waals surface area contributed by atoms with Crippen LogP contribution in [0.2, 0.25) is 0 Å². The molecule has 3 heterocycles. The van der Waals surface area contributed by atoms with Crippen LogP contribution in [-0.2, 0) is 24.8 Å². The van der Waals surface area contributed by atoms with Gasteiger partial charge in [0.05, 0.1) is 13.2 Å². The monoisotopic (exact) mass is 381 g/mol. The molecule has 146 valence electrons. The molecule has 1 unspecified atom stereocenters. The highest BCUT2D eigenvalue weighted by molar-refractivity contribution is 5.91. The van der Waals surface area contributed by atoms with Gasteiger partial charge in [0.15, 0.2) is 11.6 Å². The number of benzene rings is 1. The Morgan fingerprint density at radius 2 is 2.18 bits per heavy atom. The predicted octanol–water partition coefficient (Wildman–Crippen LogP) is 2.54. The summed E-state index contributed by atoms with van der Waals surface area (Å²) in [7, 11) is 1.81. The number of aryl methyl sites for hydroxylation is 1. The summed E-state index contributed by atoms with van der Waals surface area (Å²) >= 11 is 0. The second kappa shape index (κ2) is 8.35. The molecular weight excluding hydrogens is 358 g/mol. The number of ether oxygens (including phenoxy) is 1. The fourth-order valence-corrected chi connectivity index (χ4v) is 3.40. The Labute approximate surface area is 163 Å². The minimum absolute atomic E-state index is 0.110. The molecule has 1 aromatic carbocycles. The number of carbonyl (C=O) groups is 1. The van der Waals surface area contributed by atoms with Crippen molar-refractivity contribution in [3.63, 3.8) is 0 Å². The zero-order valence-corrected chi connectivity index (χ0v) is 15.8. The van der Waals surface area contributed by atoms with Crippen LogP contribution in [0.3, 0.4) is 0 Å². The van der Waals surface area contributed by atoms with Crippen LogP contribution < -0.4 is 0 Å². The molecule has 2 aromatic heterocycles. The van der Waals surface area contributed by atoms with Gasteiger partial charge in [-0.2, -0.15) is 4.98 Å². The van der Waals surface area contributed by atoms with Crippen LogP contribution >= 0.6 is 0 Å². The first kappa shape index (κ1) is 18.4. The van der Waals surface area contributed by atoms with Crippen molar-refractivity contribution in [3.05, 3.63) is 65.8 Å². The summed E-state index contributed by atoms with van der Waals surface area (Å²) in [6, 6.07) is 9.82. The highest BCUT2D eigenvalue weighted by atomic mass is 16.5. The Kier molecular flexibility index (Phi) is 5.48. The van der Waals surface area contributed by atoms with Crippen molar-refractivity contribution in [2.24, 2.45) is 7.05 Å². The van der Waals surface area contributed by atoms with Crippen molar-refractivity contribution in [1.82, 2.24) is 24.6 Å². The number of rotatable bonds is 7. The molecule has 8 nitrogen and oxygen atoms in total. The van der Waals surface area contributed by atoms with Crippen molar-refractivity contribution < 1.29 is 14.1 Å². The fourth-order valence-electron chi connectivity index (χ4n) is 3.40. The Morgan fingerprint density at radius 1 is 1.32 bits per heavy atom. The maximum atomic E-state index is 12.8. The molecule has 1 atom stereocenters. The lowest BCUT2D eigenvalue weighted by Crippen LogP contribution is -2.32. The van der Waals surface area contributed by atoms with E-state index >= 15 is 0 Å². The average molecular weight is 381 g/mol. The van der Waals surface area contributed by atoms with E-state index in [1.807, 2.05) is 37.4 Å². The second-order valence-electron chi connectivity index (χ2n) is 6.86. The zero-order valence-electron chi connectivity index (χ0n) is 15.8. The molecule has 0 aliphatic carbocycles. The maximum absolute atomic E-state index is 12.8. The summed E-state index contributed by atoms with van der Waals surface area (Å²) in [5.41, 5.74) is 1.13. The zero-order chi connectivity index (χ0) is 19.3. The van der Waals surface area contributed by atoms with E-state index in [0.29, 0.717) is 43.7 Å². The Balaban J connectivity index is 1.34. The minimum atomic E-state index is -0.198. The summed E-state index contributed by atoms with van der Waals surface area (Å²) in [6.45, 7) is 1.73. The lowest BCUT2D eigenvalue weighted by atomic mass is 10.2. The molecule has 0 radical (unpaired) electrons. The molecule has 0 N–H and O–H groups in total. The smallest absolute Gasteiger partial charge is 0.290 e. The van der Waals surface area contributed by atoms with E-state index in [0.717, 1.165) is 18.4 Å². The van der Waals surface area contributed by atoms with E-state index in [2.05, 4.69) is 15.1 Å². The number of hydrogen-bond acceptors (Lipinski definition) is 6. The number of imidazole rings is 1. The van der Waals surface area contributed by atoms with Crippen molar-refractivity contribution in [2.45, 2.75) is 31.9 Å². The number of likely N-dealkylation sites (tertiary alicyclic amines) is 1. The van der Waals surface area contributed by atoms with Gasteiger partial charge in [-0.25, -0.2) is 4.98 Å². The molecular formula is C20H23N5O3. The summed E-state index contributed by atoms with van der Waals surface area (Å²) in [5.74, 6) is 1.39. The molecule has 8 heteroatoms. The van der Waals surface area contributed by atoms with Crippen LogP contribution in [0.5, 0.6) is 0 Å². The van der Waals surface area contributed by atoms with Crippen LogP contribution in [0.4, 0.5) is 0 Å². The number of carbonyl (C=O) groups excluding carboxylic acids is 1. The number of amides is 1. The molecule has 3 aromatic rings. The highest BCUT2D eigenvalue weighted by Crippen LogP contribution is 2.32. The first-order chi connectivity index (χ1) is 13.7. The van der Waals surface area contributed by atoms with E-state index in [1.165, 1.54) is 0 Å². The van der Waals surface area contributed by atoms with Gasteiger partial charge in [0.1, 0.15) is 6.04 Å². The first-order valence-electron chi connectivity index (χ1n) is 9.45. The SMILES string of the molecule is Cn1ccnc1C(=O)N1CCCC1c1nc(CCOCc2ccccc2)no1. The van der Waals surface area contributed by atoms with Crippen LogP contribution in [0.15, 0.2) is 47.2 Å². The Bertz CT molecular complexity index is 921. The molecule has 1 saturated heterocycles. The number of hydrogen-bond donors (Lipinski definition) is 0. The van der Waals surface area contributed by atoms with Gasteiger partial charge in [-0.15, -0.1) is 0 Å². The Hall–Kier alpha value is -3.00. The lowest BCUT2D eigenvalue weighted by Gasteiger charge is -2.21. The van der Waals surface area contributed by atoms with Gasteiger partial charge < -0.3 is 18.7 Å². The highest BCUT2D eigenvalue weighted by Gasteiger charge is 2.35. The summed E-state index contributed by atoms with van der Waals surface area (Å²) in [4.78, 5) is 23.2. The molecule has 0 spiro atoms. The average Bonchev–Trinajstić information content (AvgIpc) is 3.46. The van der Waals surface area contributed by atoms with Crippen LogP contribution in [0.25, 0.3) is 0 Å². The molecule has 28 heavy (non-hydrogen) atoms. The van der Waals surface area contributed by atoms with Crippen molar-refractivity contribution in [2.75, 3.05) is 13.2 Å². The molecule has 1 amide bonds. The molecule has 0 saturated carbocycles. The van der Waals surface area contributed by atoms with Gasteiger partial charge in [0.25, 0.3) is 5.91 Å². The van der Waals surface area contributed by atoms with E-state index in [-0.39, 0.29) is 11.9 Å². The summed E-state index contributed by atoms with van der Waals surface area (Å²) < 4.78 is 12.9. The quantitative estimate of drug-likeness (QED) is 0.585. The van der Waals surface area contributed by atoms with Crippen LogP contribution in [0, 0.1) is 0 Å². The first-order valence-corrected chi connectivity index (χ1v) is 9.45. The van der Waals surface area contributed by atoms with E-state index < -0.39 is 0 Å². The van der Waals surface area contributed by atoms with Gasteiger partial charge in [-0.1, -0.05) is 35.5 Å². The molecule has 0 bridgehead atoms. The molecule has 1 aliphatic heterocycles. The topological polar surface area (TPSA) is 86.3 Å². The molecule has 1 aliphatic rings. The molecule has 4 rings (SSSR count). The number of aromatic nitrogens is 4. The van der Waals surface area contributed by atoms with Gasteiger partial charge in [-0.3, -0.25) is 4.79 Å². The largest absolute Gasteiger partial charge is 0.376 e. The lowest BCUT2D eigenvalue weighted by molar-refractivity contribution is 0.0694. The third kappa shape index (κ3) is 3.96. The Morgan fingerprint density at radius 3 is 2.96 bits per heavy atom. The van der Waals surface area contributed by atoms with Gasteiger partial charge in [0.2, 0.25) is 5.89 Å². The van der Waals surface area contributed by atoms with E-state index in [9.17, 15) is 4.79 Å². The standard InChI is InChI=1S/C20H23N5O3/c1-24-12-10-21-18(24)20(26)25-11-5-8-16(25)19-22-17(23-28-19)9-13-27-14-15-6-3-2-4-7-15/h2-4,6-7,10,12,16H,5,8-9,11,13-14H2,1H3. The minimum Gasteiger partial charge on any atom is -0.376 e. The maximum Gasteiger partial charge on any atom is 0.290 e. The van der Waals surface area contributed by atoms with Crippen LogP contribution in [-0.4, -0.2) is 43.7 Å². The van der Waals surface area contributed by atoms with Crippen molar-refractivity contribution >= 4 is 5.91 Å². The third-order valence-electron chi connectivity index (χ3n) is 4.88. The third-order valence-corrected chi connectivity index (χ3v) is 4.88. The second-order valence-corrected chi connectivity index (χ2v) is 6.86. The van der Waals surface area contributed by atoms with Gasteiger partial charge >= 0.3 is 0 Å². The van der Waals surface area contributed by atoms with Gasteiger partial charge in [0, 0.05) is 32.4 Å². The van der Waals surface area contributed by atoms with Crippen molar-refractivity contribution in [1.29, 1.82) is 0 Å². The van der Waals surface area contributed by atoms with Crippen molar-refractivity contribution in [3.8, 4) is 0 Å². The van der Waals surface area contributed by atoms with Gasteiger partial charge in [-0.05, 0) is 18.4 Å². The van der Waals surface area contributed by atoms with E-state index in [4.69, 9.17) is 9.26 Å². The van der Waals surface area contributed by atoms with E-state index in [1.54, 1.807) is 21.9 Å². The number of nitrogens with zero attached hydrogens (tertiary/aromatic N) is 5. The fraction of sp³-hybridized carbons (Fsp3) is 0.400. The molecule has 1 fully saturated rings.